The van der Waals surface area contributed by atoms with Crippen LogP contribution in [0.2, 0.25) is 0 Å². The molecule has 1 aliphatic rings. The highest BCUT2D eigenvalue weighted by Gasteiger charge is 2.30. The Morgan fingerprint density at radius 3 is 3.00 bits per heavy atom. The Morgan fingerprint density at radius 1 is 1.07 bits per heavy atom. The van der Waals surface area contributed by atoms with Crippen LogP contribution in [0.5, 0.6) is 0 Å². The number of hydrogen-bond donors (Lipinski definition) is 0. The second-order valence-electron chi connectivity index (χ2n) is 6.91. The number of pyridine rings is 1. The van der Waals surface area contributed by atoms with Crippen molar-refractivity contribution in [3.8, 4) is 0 Å². The van der Waals surface area contributed by atoms with E-state index in [0.29, 0.717) is 5.56 Å². The third-order valence-electron chi connectivity index (χ3n) is 5.23. The Bertz CT molecular complexity index is 1140. The predicted octanol–water partition coefficient (Wildman–Crippen LogP) is 3.64. The van der Waals surface area contributed by atoms with Gasteiger partial charge in [-0.05, 0) is 49.6 Å². The second-order valence-corrected chi connectivity index (χ2v) is 6.91. The van der Waals surface area contributed by atoms with Crippen LogP contribution < -0.4 is 0 Å². The highest BCUT2D eigenvalue weighted by atomic mass is 16.2. The molecule has 0 aliphatic carbocycles. The number of hydrogen-bond acceptors (Lipinski definition) is 4. The van der Waals surface area contributed by atoms with E-state index in [1.165, 1.54) is 0 Å². The van der Waals surface area contributed by atoms with Crippen molar-refractivity contribution >= 4 is 22.5 Å². The summed E-state index contributed by atoms with van der Waals surface area (Å²) in [6.07, 6.45) is 8.46. The van der Waals surface area contributed by atoms with Crippen LogP contribution >= 0.6 is 0 Å². The second kappa shape index (κ2) is 6.46. The van der Waals surface area contributed by atoms with Crippen LogP contribution in [0.25, 0.3) is 16.6 Å². The lowest BCUT2D eigenvalue weighted by Crippen LogP contribution is -2.38. The zero-order chi connectivity index (χ0) is 18.2. The van der Waals surface area contributed by atoms with Crippen LogP contribution in [0, 0.1) is 0 Å². The summed E-state index contributed by atoms with van der Waals surface area (Å²) in [5, 5.41) is 5.19. The van der Waals surface area contributed by atoms with E-state index in [4.69, 9.17) is 4.98 Å². The van der Waals surface area contributed by atoms with E-state index in [1.807, 2.05) is 53.6 Å². The Labute approximate surface area is 156 Å². The fourth-order valence-corrected chi connectivity index (χ4v) is 3.87. The molecule has 1 unspecified atom stereocenters. The minimum Gasteiger partial charge on any atom is -0.330 e. The number of benzene rings is 1. The Balaban J connectivity index is 1.51. The number of nitrogens with zero attached hydrogens (tertiary/aromatic N) is 5. The molecule has 1 amide bonds. The first kappa shape index (κ1) is 15.9. The molecular weight excluding hydrogens is 338 g/mol. The molecule has 1 atom stereocenters. The number of carbonyl (C=O) groups is 1. The monoisotopic (exact) mass is 357 g/mol. The molecule has 1 fully saturated rings. The first-order chi connectivity index (χ1) is 13.3. The fourth-order valence-electron chi connectivity index (χ4n) is 3.87. The Hall–Kier alpha value is -3.28. The number of piperidine rings is 1. The van der Waals surface area contributed by atoms with Gasteiger partial charge in [0.1, 0.15) is 0 Å². The van der Waals surface area contributed by atoms with Gasteiger partial charge in [-0.25, -0.2) is 9.50 Å². The number of amides is 1. The van der Waals surface area contributed by atoms with E-state index in [-0.39, 0.29) is 11.9 Å². The van der Waals surface area contributed by atoms with Gasteiger partial charge in [0, 0.05) is 36.0 Å². The number of likely N-dealkylation sites (tertiary alicyclic amines) is 1. The first-order valence-electron chi connectivity index (χ1n) is 9.26. The van der Waals surface area contributed by atoms with Crippen molar-refractivity contribution in [2.75, 3.05) is 6.54 Å². The highest BCUT2D eigenvalue weighted by Crippen LogP contribution is 2.31. The maximum absolute atomic E-state index is 13.3. The standard InChI is InChI=1S/C21H19N5O/c27-21(16-6-7-17-15(14-16)4-3-10-22-17)25-12-2-1-5-19(25)18-9-13-26-20(24-18)8-11-23-26/h3-4,6-11,13-14,19H,1-2,5,12H2. The highest BCUT2D eigenvalue weighted by molar-refractivity contribution is 5.98. The van der Waals surface area contributed by atoms with E-state index < -0.39 is 0 Å². The number of aromatic nitrogens is 4. The third-order valence-corrected chi connectivity index (χ3v) is 5.23. The van der Waals surface area contributed by atoms with Crippen LogP contribution in [0.15, 0.2) is 61.1 Å². The first-order valence-corrected chi connectivity index (χ1v) is 9.26. The molecule has 0 spiro atoms. The van der Waals surface area contributed by atoms with Gasteiger partial charge in [-0.2, -0.15) is 5.10 Å². The summed E-state index contributed by atoms with van der Waals surface area (Å²) in [6, 6.07) is 13.5. The summed E-state index contributed by atoms with van der Waals surface area (Å²) in [4.78, 5) is 24.3. The zero-order valence-corrected chi connectivity index (χ0v) is 14.8. The van der Waals surface area contributed by atoms with Gasteiger partial charge in [0.2, 0.25) is 0 Å². The van der Waals surface area contributed by atoms with E-state index in [2.05, 4.69) is 10.1 Å². The maximum Gasteiger partial charge on any atom is 0.254 e. The van der Waals surface area contributed by atoms with Gasteiger partial charge in [0.25, 0.3) is 5.91 Å². The summed E-state index contributed by atoms with van der Waals surface area (Å²) in [5.41, 5.74) is 3.34. The van der Waals surface area contributed by atoms with Crippen LogP contribution in [0.1, 0.15) is 41.4 Å². The lowest BCUT2D eigenvalue weighted by molar-refractivity contribution is 0.0606. The van der Waals surface area contributed by atoms with Gasteiger partial charge in [0.05, 0.1) is 23.4 Å². The summed E-state index contributed by atoms with van der Waals surface area (Å²) >= 11 is 0. The molecule has 4 aromatic rings. The minimum atomic E-state index is -0.00394. The topological polar surface area (TPSA) is 63.4 Å². The molecule has 5 rings (SSSR count). The van der Waals surface area contributed by atoms with Crippen LogP contribution in [-0.4, -0.2) is 36.9 Å². The van der Waals surface area contributed by atoms with E-state index in [9.17, 15) is 4.79 Å². The lowest BCUT2D eigenvalue weighted by atomic mass is 9.97. The molecule has 1 saturated heterocycles. The van der Waals surface area contributed by atoms with Crippen molar-refractivity contribution in [1.29, 1.82) is 0 Å². The van der Waals surface area contributed by atoms with Gasteiger partial charge in [0.15, 0.2) is 5.65 Å². The maximum atomic E-state index is 13.3. The van der Waals surface area contributed by atoms with Gasteiger partial charge in [-0.1, -0.05) is 6.07 Å². The predicted molar refractivity (Wildman–Crippen MR) is 102 cm³/mol. The van der Waals surface area contributed by atoms with Crippen molar-refractivity contribution in [1.82, 2.24) is 24.5 Å². The van der Waals surface area contributed by atoms with E-state index >= 15 is 0 Å². The number of carbonyl (C=O) groups excluding carboxylic acids is 1. The molecule has 0 radical (unpaired) electrons. The van der Waals surface area contributed by atoms with Crippen LogP contribution in [0.4, 0.5) is 0 Å². The molecule has 6 nitrogen and oxygen atoms in total. The van der Waals surface area contributed by atoms with Crippen molar-refractivity contribution in [2.45, 2.75) is 25.3 Å². The van der Waals surface area contributed by atoms with Gasteiger partial charge in [-0.3, -0.25) is 9.78 Å². The molecule has 27 heavy (non-hydrogen) atoms. The summed E-state index contributed by atoms with van der Waals surface area (Å²) in [5.74, 6) is 0.0561. The van der Waals surface area contributed by atoms with Crippen molar-refractivity contribution < 1.29 is 4.79 Å². The molecule has 0 bridgehead atoms. The Morgan fingerprint density at radius 2 is 2.04 bits per heavy atom. The minimum absolute atomic E-state index is 0.00394. The molecule has 0 saturated carbocycles. The zero-order valence-electron chi connectivity index (χ0n) is 14.8. The average molecular weight is 357 g/mol. The van der Waals surface area contributed by atoms with Gasteiger partial charge >= 0.3 is 0 Å². The average Bonchev–Trinajstić information content (AvgIpc) is 3.21. The molecule has 1 aliphatic heterocycles. The third kappa shape index (κ3) is 2.83. The van der Waals surface area contributed by atoms with Crippen LogP contribution in [-0.2, 0) is 0 Å². The van der Waals surface area contributed by atoms with Crippen molar-refractivity contribution in [2.24, 2.45) is 0 Å². The van der Waals surface area contributed by atoms with Crippen molar-refractivity contribution in [3.63, 3.8) is 0 Å². The normalized spacial score (nSPS) is 17.5. The SMILES string of the molecule is O=C(c1ccc2ncccc2c1)N1CCCCC1c1ccn2nccc2n1. The number of rotatable bonds is 2. The van der Waals surface area contributed by atoms with Crippen molar-refractivity contribution in [3.05, 3.63) is 72.3 Å². The fraction of sp³-hybridized carbons (Fsp3) is 0.238. The smallest absolute Gasteiger partial charge is 0.254 e. The number of fused-ring (bicyclic) bond motifs is 2. The van der Waals surface area contributed by atoms with Gasteiger partial charge in [-0.15, -0.1) is 0 Å². The molecule has 0 N–H and O–H groups in total. The van der Waals surface area contributed by atoms with Crippen LogP contribution in [0.3, 0.4) is 0 Å². The molecular formula is C21H19N5O. The molecule has 134 valence electrons. The molecule has 6 heteroatoms. The molecule has 1 aromatic carbocycles. The largest absolute Gasteiger partial charge is 0.330 e. The molecule has 4 heterocycles. The lowest BCUT2D eigenvalue weighted by Gasteiger charge is -2.35. The Kier molecular flexibility index (Phi) is 3.81. The van der Waals surface area contributed by atoms with E-state index in [0.717, 1.165) is 48.1 Å². The molecule has 3 aromatic heterocycles. The summed E-state index contributed by atoms with van der Waals surface area (Å²) in [7, 11) is 0. The van der Waals surface area contributed by atoms with E-state index in [1.54, 1.807) is 16.9 Å². The summed E-state index contributed by atoms with van der Waals surface area (Å²) in [6.45, 7) is 0.751. The van der Waals surface area contributed by atoms with Gasteiger partial charge < -0.3 is 4.90 Å². The summed E-state index contributed by atoms with van der Waals surface area (Å²) < 4.78 is 1.74. The quantitative estimate of drug-likeness (QED) is 0.549.